The lowest BCUT2D eigenvalue weighted by Gasteiger charge is -2.41. The fourth-order valence-corrected chi connectivity index (χ4v) is 6.89. The van der Waals surface area contributed by atoms with Crippen LogP contribution in [-0.2, 0) is 9.53 Å². The van der Waals surface area contributed by atoms with E-state index in [9.17, 15) is 4.79 Å². The van der Waals surface area contributed by atoms with E-state index >= 15 is 0 Å². The molecule has 0 spiro atoms. The summed E-state index contributed by atoms with van der Waals surface area (Å²) < 4.78 is 5.96. The van der Waals surface area contributed by atoms with Gasteiger partial charge in [-0.25, -0.2) is 0 Å². The zero-order valence-electron chi connectivity index (χ0n) is 19.0. The minimum absolute atomic E-state index is 0.136. The van der Waals surface area contributed by atoms with E-state index in [0.29, 0.717) is 0 Å². The van der Waals surface area contributed by atoms with Crippen LogP contribution in [0.1, 0.15) is 117 Å². The fraction of sp³-hybridized carbons (Fsp3) is 0.962. The number of carbonyl (C=O) groups is 1. The van der Waals surface area contributed by atoms with E-state index in [2.05, 4.69) is 20.8 Å². The van der Waals surface area contributed by atoms with Gasteiger partial charge in [0.05, 0.1) is 5.92 Å². The minimum atomic E-state index is 0.136. The summed E-state index contributed by atoms with van der Waals surface area (Å²) >= 11 is 0. The summed E-state index contributed by atoms with van der Waals surface area (Å²) in [7, 11) is 0. The van der Waals surface area contributed by atoms with Crippen LogP contribution in [0, 0.1) is 35.5 Å². The van der Waals surface area contributed by atoms with Crippen molar-refractivity contribution in [2.45, 2.75) is 123 Å². The molecule has 3 fully saturated rings. The first-order valence-corrected chi connectivity index (χ1v) is 12.8. The molecule has 0 bridgehead atoms. The molecule has 0 radical (unpaired) electrons. The van der Waals surface area contributed by atoms with E-state index in [1.165, 1.54) is 70.6 Å². The van der Waals surface area contributed by atoms with Gasteiger partial charge in [-0.15, -0.1) is 0 Å². The highest BCUT2D eigenvalue weighted by Crippen LogP contribution is 2.45. The van der Waals surface area contributed by atoms with Crippen molar-refractivity contribution < 1.29 is 9.53 Å². The summed E-state index contributed by atoms with van der Waals surface area (Å²) in [6.07, 6.45) is 19.4. The number of hydrogen-bond acceptors (Lipinski definition) is 2. The molecule has 3 saturated carbocycles. The van der Waals surface area contributed by atoms with Crippen molar-refractivity contribution in [3.05, 3.63) is 0 Å². The monoisotopic (exact) mass is 390 g/mol. The Labute approximate surface area is 174 Å². The first-order valence-electron chi connectivity index (χ1n) is 12.8. The van der Waals surface area contributed by atoms with Gasteiger partial charge >= 0.3 is 5.97 Å². The van der Waals surface area contributed by atoms with Crippen molar-refractivity contribution in [2.75, 3.05) is 0 Å². The van der Waals surface area contributed by atoms with Crippen LogP contribution in [0.5, 0.6) is 0 Å². The average Bonchev–Trinajstić information content (AvgIpc) is 2.70. The van der Waals surface area contributed by atoms with Crippen molar-refractivity contribution in [3.8, 4) is 0 Å². The summed E-state index contributed by atoms with van der Waals surface area (Å²) in [5.74, 6) is 4.86. The molecule has 3 rings (SSSR count). The highest BCUT2D eigenvalue weighted by Gasteiger charge is 2.37. The van der Waals surface area contributed by atoms with Gasteiger partial charge in [-0.3, -0.25) is 4.79 Å². The molecule has 0 amide bonds. The van der Waals surface area contributed by atoms with Gasteiger partial charge in [-0.2, -0.15) is 0 Å². The first kappa shape index (κ1) is 22.2. The van der Waals surface area contributed by atoms with Crippen LogP contribution in [-0.4, -0.2) is 12.1 Å². The molecule has 0 aromatic heterocycles. The third-order valence-corrected chi connectivity index (χ3v) is 8.53. The van der Waals surface area contributed by atoms with Crippen molar-refractivity contribution in [2.24, 2.45) is 35.5 Å². The van der Waals surface area contributed by atoms with Gasteiger partial charge in [0.1, 0.15) is 6.10 Å². The van der Waals surface area contributed by atoms with E-state index in [0.717, 1.165) is 55.3 Å². The van der Waals surface area contributed by atoms with Crippen LogP contribution in [0.25, 0.3) is 0 Å². The lowest BCUT2D eigenvalue weighted by molar-refractivity contribution is -0.157. The second-order valence-electron chi connectivity index (χ2n) is 10.6. The maximum atomic E-state index is 12.7. The van der Waals surface area contributed by atoms with Crippen LogP contribution in [0.4, 0.5) is 0 Å². The maximum absolute atomic E-state index is 12.7. The van der Waals surface area contributed by atoms with Gasteiger partial charge in [0.25, 0.3) is 0 Å². The Balaban J connectivity index is 1.37. The van der Waals surface area contributed by atoms with Gasteiger partial charge in [0.15, 0.2) is 0 Å². The van der Waals surface area contributed by atoms with Crippen molar-refractivity contribution >= 4 is 5.97 Å². The Bertz CT molecular complexity index is 457. The first-order chi connectivity index (χ1) is 13.6. The SMILES string of the molecule is CCCC1CCC(OC(=O)C2CCC(C3CCC(CCC)CC3C)CC2)CC1. The Morgan fingerprint density at radius 3 is 2.00 bits per heavy atom. The number of esters is 1. The molecule has 162 valence electrons. The van der Waals surface area contributed by atoms with Crippen LogP contribution in [0.15, 0.2) is 0 Å². The number of ether oxygens (including phenoxy) is 1. The number of hydrogen-bond donors (Lipinski definition) is 0. The van der Waals surface area contributed by atoms with Gasteiger partial charge in [0.2, 0.25) is 0 Å². The zero-order chi connectivity index (χ0) is 19.9. The van der Waals surface area contributed by atoms with Gasteiger partial charge in [-0.1, -0.05) is 52.9 Å². The topological polar surface area (TPSA) is 26.3 Å². The van der Waals surface area contributed by atoms with Crippen LogP contribution < -0.4 is 0 Å². The zero-order valence-corrected chi connectivity index (χ0v) is 19.0. The predicted molar refractivity (Wildman–Crippen MR) is 117 cm³/mol. The normalized spacial score (nSPS) is 39.5. The van der Waals surface area contributed by atoms with E-state index < -0.39 is 0 Å². The number of carbonyl (C=O) groups excluding carboxylic acids is 1. The van der Waals surface area contributed by atoms with E-state index in [1.54, 1.807) is 0 Å². The Hall–Kier alpha value is -0.530. The summed E-state index contributed by atoms with van der Waals surface area (Å²) in [5, 5.41) is 0. The average molecular weight is 391 g/mol. The third kappa shape index (κ3) is 5.99. The van der Waals surface area contributed by atoms with E-state index in [-0.39, 0.29) is 18.0 Å². The standard InChI is InChI=1S/C26H46O2/c1-4-6-20-8-15-24(16-9-20)28-26(27)23-13-11-22(12-14-23)25-17-10-21(7-5-2)18-19(25)3/h19-25H,4-18H2,1-3H3. The van der Waals surface area contributed by atoms with Gasteiger partial charge < -0.3 is 4.74 Å². The third-order valence-electron chi connectivity index (χ3n) is 8.53. The predicted octanol–water partition coefficient (Wildman–Crippen LogP) is 7.55. The summed E-state index contributed by atoms with van der Waals surface area (Å²) in [6, 6.07) is 0. The molecule has 0 heterocycles. The number of rotatable bonds is 7. The molecule has 0 aromatic rings. The lowest BCUT2D eigenvalue weighted by Crippen LogP contribution is -2.34. The molecule has 0 aliphatic heterocycles. The molecule has 2 nitrogen and oxygen atoms in total. The summed E-state index contributed by atoms with van der Waals surface area (Å²) in [4.78, 5) is 12.7. The molecule has 0 N–H and O–H groups in total. The maximum Gasteiger partial charge on any atom is 0.309 e. The fourth-order valence-electron chi connectivity index (χ4n) is 6.89. The second-order valence-corrected chi connectivity index (χ2v) is 10.6. The smallest absolute Gasteiger partial charge is 0.309 e. The highest BCUT2D eigenvalue weighted by atomic mass is 16.5. The molecule has 3 aliphatic carbocycles. The minimum Gasteiger partial charge on any atom is -0.462 e. The van der Waals surface area contributed by atoms with E-state index in [1.807, 2.05) is 0 Å². The van der Waals surface area contributed by atoms with E-state index in [4.69, 9.17) is 4.74 Å². The summed E-state index contributed by atoms with van der Waals surface area (Å²) in [6.45, 7) is 7.11. The largest absolute Gasteiger partial charge is 0.462 e. The summed E-state index contributed by atoms with van der Waals surface area (Å²) in [5.41, 5.74) is 0. The van der Waals surface area contributed by atoms with Crippen LogP contribution in [0.2, 0.25) is 0 Å². The molecule has 3 unspecified atom stereocenters. The molecule has 28 heavy (non-hydrogen) atoms. The molecule has 3 aliphatic rings. The molecule has 0 saturated heterocycles. The highest BCUT2D eigenvalue weighted by molar-refractivity contribution is 5.72. The Kier molecular flexibility index (Phi) is 8.72. The van der Waals surface area contributed by atoms with Crippen molar-refractivity contribution in [1.82, 2.24) is 0 Å². The molecule has 3 atom stereocenters. The molecule has 0 aromatic carbocycles. The second kappa shape index (κ2) is 11.0. The molecule has 2 heteroatoms. The molecular formula is C26H46O2. The lowest BCUT2D eigenvalue weighted by atomic mass is 9.64. The van der Waals surface area contributed by atoms with Crippen LogP contribution >= 0.6 is 0 Å². The van der Waals surface area contributed by atoms with Gasteiger partial charge in [0, 0.05) is 0 Å². The quantitative estimate of drug-likeness (QED) is 0.419. The van der Waals surface area contributed by atoms with Crippen molar-refractivity contribution in [1.29, 1.82) is 0 Å². The van der Waals surface area contributed by atoms with Crippen molar-refractivity contribution in [3.63, 3.8) is 0 Å². The van der Waals surface area contributed by atoms with Crippen LogP contribution in [0.3, 0.4) is 0 Å². The Morgan fingerprint density at radius 1 is 0.786 bits per heavy atom. The molecular weight excluding hydrogens is 344 g/mol. The Morgan fingerprint density at radius 2 is 1.39 bits per heavy atom. The van der Waals surface area contributed by atoms with Gasteiger partial charge in [-0.05, 0) is 93.8 Å².